The standard InChI is InChI=1S/C42H46/c1-3-5-7-9-11-13-15-17-19-33-21-25-37-35(31-33)23-27-41-39(37)29-30-40-38-26-22-34(32-36(38)24-28-42(40)41)20-18-16-14-12-10-8-6-4-2/h21-32H,3-16H2,1-2H3. The van der Waals surface area contributed by atoms with Crippen LogP contribution in [0.5, 0.6) is 0 Å². The van der Waals surface area contributed by atoms with E-state index in [0.717, 1.165) is 24.0 Å². The van der Waals surface area contributed by atoms with Crippen molar-refractivity contribution >= 4 is 43.1 Å². The first-order valence-electron chi connectivity index (χ1n) is 16.6. The molecule has 42 heavy (non-hydrogen) atoms. The molecule has 0 nitrogen and oxygen atoms in total. The van der Waals surface area contributed by atoms with Crippen molar-refractivity contribution in [1.29, 1.82) is 0 Å². The number of hydrogen-bond acceptors (Lipinski definition) is 0. The summed E-state index contributed by atoms with van der Waals surface area (Å²) in [6.07, 6.45) is 17.8. The van der Waals surface area contributed by atoms with Gasteiger partial charge >= 0.3 is 0 Å². The maximum atomic E-state index is 3.41. The normalized spacial score (nSPS) is 11.1. The molecule has 5 rings (SSSR count). The molecule has 0 aliphatic carbocycles. The second-order valence-corrected chi connectivity index (χ2v) is 11.9. The average molecular weight is 551 g/mol. The SMILES string of the molecule is CCCCCCCCC#Cc1ccc2c(ccc3c2ccc2c4ccc(C#CCCCCCCCC)cc4ccc23)c1. The smallest absolute Gasteiger partial charge is 0.0251 e. The monoisotopic (exact) mass is 550 g/mol. The second kappa shape index (κ2) is 15.5. The average Bonchev–Trinajstić information content (AvgIpc) is 3.02. The number of hydrogen-bond donors (Lipinski definition) is 0. The van der Waals surface area contributed by atoms with Crippen molar-refractivity contribution < 1.29 is 0 Å². The summed E-state index contributed by atoms with van der Waals surface area (Å²) in [7, 11) is 0. The Kier molecular flexibility index (Phi) is 11.0. The number of fused-ring (bicyclic) bond motifs is 7. The van der Waals surface area contributed by atoms with Gasteiger partial charge in [0.2, 0.25) is 0 Å². The molecular weight excluding hydrogens is 504 g/mol. The fraction of sp³-hybridized carbons (Fsp3) is 0.381. The minimum atomic E-state index is 0.995. The van der Waals surface area contributed by atoms with Crippen molar-refractivity contribution in [3.05, 3.63) is 83.9 Å². The van der Waals surface area contributed by atoms with Gasteiger partial charge < -0.3 is 0 Å². The van der Waals surface area contributed by atoms with E-state index in [1.807, 2.05) is 0 Å². The third-order valence-electron chi connectivity index (χ3n) is 8.61. The Morgan fingerprint density at radius 3 is 1.19 bits per heavy atom. The first-order chi connectivity index (χ1) is 20.8. The quantitative estimate of drug-likeness (QED) is 0.0823. The zero-order valence-corrected chi connectivity index (χ0v) is 25.8. The molecule has 0 radical (unpaired) electrons. The van der Waals surface area contributed by atoms with Crippen LogP contribution in [0.1, 0.15) is 115 Å². The maximum absolute atomic E-state index is 3.41. The van der Waals surface area contributed by atoms with E-state index in [-0.39, 0.29) is 0 Å². The van der Waals surface area contributed by atoms with Gasteiger partial charge in [0.1, 0.15) is 0 Å². The van der Waals surface area contributed by atoms with E-state index in [9.17, 15) is 0 Å². The summed E-state index contributed by atoms with van der Waals surface area (Å²) in [6.45, 7) is 4.54. The predicted molar refractivity (Wildman–Crippen MR) is 186 cm³/mol. The Labute approximate surface area is 253 Å². The zero-order valence-electron chi connectivity index (χ0n) is 25.8. The van der Waals surface area contributed by atoms with Gasteiger partial charge in [-0.3, -0.25) is 0 Å². The lowest BCUT2D eigenvalue weighted by Crippen LogP contribution is -1.85. The van der Waals surface area contributed by atoms with Crippen LogP contribution in [0.2, 0.25) is 0 Å². The van der Waals surface area contributed by atoms with Crippen molar-refractivity contribution in [1.82, 2.24) is 0 Å². The maximum Gasteiger partial charge on any atom is 0.0251 e. The lowest BCUT2D eigenvalue weighted by Gasteiger charge is -2.10. The summed E-state index contributed by atoms with van der Waals surface area (Å²) < 4.78 is 0. The Morgan fingerprint density at radius 1 is 0.381 bits per heavy atom. The van der Waals surface area contributed by atoms with E-state index in [1.165, 1.54) is 120 Å². The van der Waals surface area contributed by atoms with Crippen molar-refractivity contribution in [3.63, 3.8) is 0 Å². The molecule has 0 aliphatic rings. The molecule has 5 aromatic rings. The highest BCUT2D eigenvalue weighted by atomic mass is 14.1. The van der Waals surface area contributed by atoms with Gasteiger partial charge in [-0.25, -0.2) is 0 Å². The van der Waals surface area contributed by atoms with E-state index >= 15 is 0 Å². The first kappa shape index (κ1) is 29.7. The molecule has 0 N–H and O–H groups in total. The van der Waals surface area contributed by atoms with Crippen LogP contribution < -0.4 is 0 Å². The van der Waals surface area contributed by atoms with Crippen molar-refractivity contribution in [2.75, 3.05) is 0 Å². The van der Waals surface area contributed by atoms with Crippen LogP contribution in [0.25, 0.3) is 43.1 Å². The Bertz CT molecular complexity index is 1630. The third kappa shape index (κ3) is 7.55. The summed E-state index contributed by atoms with van der Waals surface area (Å²) in [5.74, 6) is 13.6. The van der Waals surface area contributed by atoms with Crippen molar-refractivity contribution in [3.8, 4) is 23.7 Å². The fourth-order valence-corrected chi connectivity index (χ4v) is 6.18. The molecule has 0 saturated heterocycles. The zero-order chi connectivity index (χ0) is 29.0. The molecule has 0 spiro atoms. The highest BCUT2D eigenvalue weighted by Gasteiger charge is 2.08. The van der Waals surface area contributed by atoms with Gasteiger partial charge in [0.15, 0.2) is 0 Å². The summed E-state index contributed by atoms with van der Waals surface area (Å²) in [5.41, 5.74) is 2.23. The van der Waals surface area contributed by atoms with Gasteiger partial charge in [0, 0.05) is 24.0 Å². The number of rotatable bonds is 12. The minimum Gasteiger partial charge on any atom is -0.0979 e. The van der Waals surface area contributed by atoms with Crippen LogP contribution in [-0.2, 0) is 0 Å². The number of unbranched alkanes of at least 4 members (excludes halogenated alkanes) is 12. The molecule has 5 aromatic carbocycles. The molecule has 214 valence electrons. The molecule has 0 aliphatic heterocycles. The molecule has 0 atom stereocenters. The van der Waals surface area contributed by atoms with E-state index in [1.54, 1.807) is 0 Å². The molecule has 0 aromatic heterocycles. The van der Waals surface area contributed by atoms with E-state index < -0.39 is 0 Å². The summed E-state index contributed by atoms with van der Waals surface area (Å²) >= 11 is 0. The lowest BCUT2D eigenvalue weighted by atomic mass is 9.93. The topological polar surface area (TPSA) is 0 Å². The van der Waals surface area contributed by atoms with Crippen molar-refractivity contribution in [2.24, 2.45) is 0 Å². The molecule has 0 heterocycles. The Hall–Kier alpha value is -3.74. The highest BCUT2D eigenvalue weighted by Crippen LogP contribution is 2.35. The molecular formula is C42H46. The Balaban J connectivity index is 1.30. The van der Waals surface area contributed by atoms with Crippen LogP contribution in [0.4, 0.5) is 0 Å². The minimum absolute atomic E-state index is 0.995. The van der Waals surface area contributed by atoms with Gasteiger partial charge in [-0.1, -0.05) is 150 Å². The molecule has 0 unspecified atom stereocenters. The summed E-state index contributed by atoms with van der Waals surface area (Å²) in [4.78, 5) is 0. The number of benzene rings is 5. The van der Waals surface area contributed by atoms with Gasteiger partial charge in [-0.05, 0) is 80.2 Å². The molecule has 0 bridgehead atoms. The Morgan fingerprint density at radius 2 is 0.738 bits per heavy atom. The van der Waals surface area contributed by atoms with Crippen LogP contribution in [0.3, 0.4) is 0 Å². The molecule has 0 amide bonds. The van der Waals surface area contributed by atoms with Crippen molar-refractivity contribution in [2.45, 2.75) is 104 Å². The van der Waals surface area contributed by atoms with E-state index in [2.05, 4.69) is 110 Å². The van der Waals surface area contributed by atoms with Crippen LogP contribution >= 0.6 is 0 Å². The van der Waals surface area contributed by atoms with E-state index in [4.69, 9.17) is 0 Å². The van der Waals surface area contributed by atoms with Crippen LogP contribution in [-0.4, -0.2) is 0 Å². The summed E-state index contributed by atoms with van der Waals surface area (Å²) in [6, 6.07) is 27.1. The first-order valence-corrected chi connectivity index (χ1v) is 16.6. The molecule has 0 heteroatoms. The van der Waals surface area contributed by atoms with Gasteiger partial charge in [-0.15, -0.1) is 0 Å². The fourth-order valence-electron chi connectivity index (χ4n) is 6.18. The van der Waals surface area contributed by atoms with Gasteiger partial charge in [0.05, 0.1) is 0 Å². The summed E-state index contributed by atoms with van der Waals surface area (Å²) in [5, 5.41) is 10.4. The largest absolute Gasteiger partial charge is 0.0979 e. The molecule has 0 saturated carbocycles. The third-order valence-corrected chi connectivity index (χ3v) is 8.61. The highest BCUT2D eigenvalue weighted by molar-refractivity contribution is 6.22. The predicted octanol–water partition coefficient (Wildman–Crippen LogP) is 12.5. The van der Waals surface area contributed by atoms with Gasteiger partial charge in [0.25, 0.3) is 0 Å². The van der Waals surface area contributed by atoms with Gasteiger partial charge in [-0.2, -0.15) is 0 Å². The second-order valence-electron chi connectivity index (χ2n) is 11.9. The van der Waals surface area contributed by atoms with E-state index in [0.29, 0.717) is 0 Å². The van der Waals surface area contributed by atoms with Crippen LogP contribution in [0.15, 0.2) is 72.8 Å². The molecule has 0 fully saturated rings. The lowest BCUT2D eigenvalue weighted by molar-refractivity contribution is 0.614. The van der Waals surface area contributed by atoms with Crippen LogP contribution in [0, 0.1) is 23.7 Å².